The van der Waals surface area contributed by atoms with Gasteiger partial charge in [0, 0.05) is 5.69 Å². The molecule has 0 saturated heterocycles. The first-order valence-electron chi connectivity index (χ1n) is 6.34. The van der Waals surface area contributed by atoms with Gasteiger partial charge in [0.2, 0.25) is 0 Å². The minimum absolute atomic E-state index is 0.0121. The van der Waals surface area contributed by atoms with E-state index in [0.717, 1.165) is 0 Å². The molecule has 2 rings (SSSR count). The molecule has 1 amide bonds. The van der Waals surface area contributed by atoms with Crippen LogP contribution in [0.3, 0.4) is 0 Å². The predicted octanol–water partition coefficient (Wildman–Crippen LogP) is 5.63. The van der Waals surface area contributed by atoms with Crippen LogP contribution in [0.5, 0.6) is 0 Å². The van der Waals surface area contributed by atoms with Crippen molar-refractivity contribution in [2.75, 3.05) is 5.32 Å². The van der Waals surface area contributed by atoms with Crippen LogP contribution in [0.25, 0.3) is 0 Å². The maximum absolute atomic E-state index is 12.8. The van der Waals surface area contributed by atoms with Crippen LogP contribution in [-0.2, 0) is 12.4 Å². The quantitative estimate of drug-likeness (QED) is 0.685. The van der Waals surface area contributed by atoms with Gasteiger partial charge in [-0.15, -0.1) is 0 Å². The van der Waals surface area contributed by atoms with Gasteiger partial charge >= 0.3 is 12.4 Å². The third-order valence-electron chi connectivity index (χ3n) is 2.96. The van der Waals surface area contributed by atoms with Crippen LogP contribution in [0.1, 0.15) is 21.5 Å². The fourth-order valence-electron chi connectivity index (χ4n) is 1.87. The number of hydrogen-bond donors (Lipinski definition) is 1. The second-order valence-corrected chi connectivity index (χ2v) is 5.14. The van der Waals surface area contributed by atoms with Crippen LogP contribution in [0.2, 0.25) is 5.02 Å². The Balaban J connectivity index is 2.43. The van der Waals surface area contributed by atoms with Crippen LogP contribution in [-0.4, -0.2) is 5.91 Å². The van der Waals surface area contributed by atoms with Crippen molar-refractivity contribution in [3.8, 4) is 0 Å². The molecule has 2 nitrogen and oxygen atoms in total. The van der Waals surface area contributed by atoms with Gasteiger partial charge in [0.1, 0.15) is 0 Å². The fraction of sp³-hybridized carbons (Fsp3) is 0.133. The van der Waals surface area contributed by atoms with Crippen molar-refractivity contribution in [1.29, 1.82) is 0 Å². The van der Waals surface area contributed by atoms with Gasteiger partial charge in [-0.05, 0) is 30.3 Å². The van der Waals surface area contributed by atoms with E-state index in [1.165, 1.54) is 24.3 Å². The Morgan fingerprint density at radius 3 is 1.83 bits per heavy atom. The summed E-state index contributed by atoms with van der Waals surface area (Å²) in [6.45, 7) is 0. The summed E-state index contributed by atoms with van der Waals surface area (Å²) in [5.41, 5.74) is -3.76. The zero-order chi connectivity index (χ0) is 18.1. The Hall–Kier alpha value is -2.22. The summed E-state index contributed by atoms with van der Waals surface area (Å²) >= 11 is 5.77. The SMILES string of the molecule is O=C(Nc1cc(C(F)(F)F)cc(C(F)(F)F)c1)c1ccccc1Cl. The molecule has 0 aliphatic carbocycles. The van der Waals surface area contributed by atoms with Crippen LogP contribution in [0.4, 0.5) is 32.0 Å². The standard InChI is InChI=1S/C15H8ClF6NO/c16-12-4-2-1-3-11(12)13(24)23-10-6-8(14(17,18)19)5-9(7-10)15(20,21)22/h1-7H,(H,23,24). The summed E-state index contributed by atoms with van der Waals surface area (Å²) in [6, 6.07) is 6.44. The highest BCUT2D eigenvalue weighted by atomic mass is 35.5. The topological polar surface area (TPSA) is 29.1 Å². The average Bonchev–Trinajstić information content (AvgIpc) is 2.45. The molecule has 0 unspecified atom stereocenters. The summed E-state index contributed by atoms with van der Waals surface area (Å²) in [4.78, 5) is 12.0. The number of amides is 1. The van der Waals surface area contributed by atoms with Gasteiger partial charge < -0.3 is 5.32 Å². The molecule has 0 aromatic heterocycles. The van der Waals surface area contributed by atoms with E-state index in [0.29, 0.717) is 12.1 Å². The first-order chi connectivity index (χ1) is 11.0. The highest BCUT2D eigenvalue weighted by Crippen LogP contribution is 2.37. The average molecular weight is 368 g/mol. The Kier molecular flexibility index (Phi) is 4.80. The van der Waals surface area contributed by atoms with E-state index < -0.39 is 35.1 Å². The Morgan fingerprint density at radius 2 is 1.38 bits per heavy atom. The summed E-state index contributed by atoms with van der Waals surface area (Å²) in [5, 5.41) is 2.01. The van der Waals surface area contributed by atoms with E-state index in [1.54, 1.807) is 0 Å². The molecule has 0 fully saturated rings. The Labute approximate surface area is 137 Å². The van der Waals surface area contributed by atoms with Crippen molar-refractivity contribution >= 4 is 23.2 Å². The first kappa shape index (κ1) is 18.1. The van der Waals surface area contributed by atoms with E-state index >= 15 is 0 Å². The molecular formula is C15H8ClF6NO. The minimum atomic E-state index is -4.99. The molecule has 0 radical (unpaired) electrons. The molecule has 9 heteroatoms. The number of halogens is 7. The maximum atomic E-state index is 12.8. The molecule has 0 aliphatic rings. The number of benzene rings is 2. The molecule has 0 spiro atoms. The number of nitrogens with one attached hydrogen (secondary N) is 1. The van der Waals surface area contributed by atoms with Crippen molar-refractivity contribution in [2.24, 2.45) is 0 Å². The van der Waals surface area contributed by atoms with Gasteiger partial charge in [-0.2, -0.15) is 26.3 Å². The molecule has 0 aliphatic heterocycles. The van der Waals surface area contributed by atoms with Crippen LogP contribution < -0.4 is 5.32 Å². The van der Waals surface area contributed by atoms with Crippen molar-refractivity contribution in [3.63, 3.8) is 0 Å². The summed E-state index contributed by atoms with van der Waals surface area (Å²) in [6.07, 6.45) is -9.99. The normalized spacial score (nSPS) is 12.1. The van der Waals surface area contributed by atoms with Gasteiger partial charge in [-0.3, -0.25) is 4.79 Å². The lowest BCUT2D eigenvalue weighted by atomic mass is 10.1. The third kappa shape index (κ3) is 4.19. The lowest BCUT2D eigenvalue weighted by molar-refractivity contribution is -0.143. The highest BCUT2D eigenvalue weighted by molar-refractivity contribution is 6.34. The molecule has 2 aromatic carbocycles. The molecular weight excluding hydrogens is 360 g/mol. The number of rotatable bonds is 2. The highest BCUT2D eigenvalue weighted by Gasteiger charge is 2.37. The largest absolute Gasteiger partial charge is 0.416 e. The first-order valence-corrected chi connectivity index (χ1v) is 6.71. The monoisotopic (exact) mass is 367 g/mol. The predicted molar refractivity (Wildman–Crippen MR) is 75.9 cm³/mol. The second-order valence-electron chi connectivity index (χ2n) is 4.73. The molecule has 24 heavy (non-hydrogen) atoms. The minimum Gasteiger partial charge on any atom is -0.322 e. The zero-order valence-electron chi connectivity index (χ0n) is 11.6. The van der Waals surface area contributed by atoms with Gasteiger partial charge in [-0.25, -0.2) is 0 Å². The number of carbonyl (C=O) groups is 1. The number of alkyl halides is 6. The van der Waals surface area contributed by atoms with Gasteiger partial charge in [0.25, 0.3) is 5.91 Å². The Bertz CT molecular complexity index is 737. The lowest BCUT2D eigenvalue weighted by Gasteiger charge is -2.15. The molecule has 2 aromatic rings. The molecule has 0 heterocycles. The van der Waals surface area contributed by atoms with Gasteiger partial charge in [-0.1, -0.05) is 23.7 Å². The van der Waals surface area contributed by atoms with E-state index in [1.807, 2.05) is 5.32 Å². The van der Waals surface area contributed by atoms with Crippen molar-refractivity contribution in [2.45, 2.75) is 12.4 Å². The summed E-state index contributed by atoms with van der Waals surface area (Å²) in [5.74, 6) is -0.923. The van der Waals surface area contributed by atoms with Crippen molar-refractivity contribution in [3.05, 3.63) is 64.2 Å². The molecule has 1 N–H and O–H groups in total. The summed E-state index contributed by atoms with van der Waals surface area (Å²) < 4.78 is 76.6. The van der Waals surface area contributed by atoms with Crippen LogP contribution in [0.15, 0.2) is 42.5 Å². The number of hydrogen-bond acceptors (Lipinski definition) is 1. The maximum Gasteiger partial charge on any atom is 0.416 e. The van der Waals surface area contributed by atoms with E-state index in [9.17, 15) is 31.1 Å². The Morgan fingerprint density at radius 1 is 0.875 bits per heavy atom. The van der Waals surface area contributed by atoms with E-state index in [-0.39, 0.29) is 16.7 Å². The molecule has 0 saturated carbocycles. The van der Waals surface area contributed by atoms with Crippen molar-refractivity contribution < 1.29 is 31.1 Å². The molecule has 0 atom stereocenters. The van der Waals surface area contributed by atoms with Crippen LogP contribution >= 0.6 is 11.6 Å². The molecule has 128 valence electrons. The smallest absolute Gasteiger partial charge is 0.322 e. The van der Waals surface area contributed by atoms with E-state index in [2.05, 4.69) is 0 Å². The zero-order valence-corrected chi connectivity index (χ0v) is 12.4. The van der Waals surface area contributed by atoms with Crippen molar-refractivity contribution in [1.82, 2.24) is 0 Å². The number of anilines is 1. The number of carbonyl (C=O) groups excluding carboxylic acids is 1. The molecule has 0 bridgehead atoms. The van der Waals surface area contributed by atoms with Crippen LogP contribution in [0, 0.1) is 0 Å². The summed E-state index contributed by atoms with van der Waals surface area (Å²) in [7, 11) is 0. The van der Waals surface area contributed by atoms with Gasteiger partial charge in [0.15, 0.2) is 0 Å². The second kappa shape index (κ2) is 6.35. The third-order valence-corrected chi connectivity index (χ3v) is 3.29. The van der Waals surface area contributed by atoms with E-state index in [4.69, 9.17) is 11.6 Å². The lowest BCUT2D eigenvalue weighted by Crippen LogP contribution is -2.16. The van der Waals surface area contributed by atoms with Gasteiger partial charge in [0.05, 0.1) is 21.7 Å². The fourth-order valence-corrected chi connectivity index (χ4v) is 2.09.